The van der Waals surface area contributed by atoms with Crippen LogP contribution in [0.2, 0.25) is 0 Å². The van der Waals surface area contributed by atoms with Crippen molar-refractivity contribution in [3.63, 3.8) is 0 Å². The number of hydrogen-bond donors (Lipinski definition) is 0. The molecule has 1 aliphatic rings. The first-order valence-electron chi connectivity index (χ1n) is 3.05. The van der Waals surface area contributed by atoms with Crippen molar-refractivity contribution in [2.24, 2.45) is 0 Å². The summed E-state index contributed by atoms with van der Waals surface area (Å²) in [5.74, 6) is 0.0718. The summed E-state index contributed by atoms with van der Waals surface area (Å²) in [5.41, 5.74) is 0. The molecule has 2 unspecified atom stereocenters. The number of likely N-dealkylation sites (N-methyl/N-ethyl adjacent to an activating group) is 1. The molecule has 0 spiro atoms. The summed E-state index contributed by atoms with van der Waals surface area (Å²) in [6, 6.07) is 0. The molecule has 0 aromatic rings. The number of ether oxygens (including phenoxy) is 1. The van der Waals surface area contributed by atoms with Gasteiger partial charge in [0, 0.05) is 7.05 Å². The van der Waals surface area contributed by atoms with Gasteiger partial charge < -0.3 is 9.64 Å². The standard InChI is InChI=1S/C6H11NO2/c1-4-6(8)7(3)5(2)9-4/h4-5H,1-3H3. The number of carbonyl (C=O) groups is 1. The van der Waals surface area contributed by atoms with Crippen LogP contribution in [0.25, 0.3) is 0 Å². The van der Waals surface area contributed by atoms with Gasteiger partial charge >= 0.3 is 0 Å². The van der Waals surface area contributed by atoms with E-state index in [2.05, 4.69) is 0 Å². The average molecular weight is 129 g/mol. The number of hydrogen-bond acceptors (Lipinski definition) is 2. The largest absolute Gasteiger partial charge is 0.346 e. The van der Waals surface area contributed by atoms with Crippen LogP contribution in [0.5, 0.6) is 0 Å². The van der Waals surface area contributed by atoms with Gasteiger partial charge in [0.05, 0.1) is 0 Å². The van der Waals surface area contributed by atoms with Crippen molar-refractivity contribution < 1.29 is 9.53 Å². The molecule has 1 aliphatic heterocycles. The molecule has 3 nitrogen and oxygen atoms in total. The molecule has 0 aliphatic carbocycles. The normalized spacial score (nSPS) is 35.9. The molecule has 1 fully saturated rings. The quantitative estimate of drug-likeness (QED) is 0.468. The fourth-order valence-corrected chi connectivity index (χ4v) is 0.911. The first kappa shape index (κ1) is 6.55. The molecule has 3 heteroatoms. The van der Waals surface area contributed by atoms with Crippen LogP contribution in [0.15, 0.2) is 0 Å². The lowest BCUT2D eigenvalue weighted by Crippen LogP contribution is -2.28. The van der Waals surface area contributed by atoms with Crippen LogP contribution in [0.3, 0.4) is 0 Å². The van der Waals surface area contributed by atoms with Crippen molar-refractivity contribution in [2.75, 3.05) is 7.05 Å². The van der Waals surface area contributed by atoms with Crippen molar-refractivity contribution in [3.05, 3.63) is 0 Å². The maximum atomic E-state index is 10.9. The third kappa shape index (κ3) is 0.920. The number of rotatable bonds is 0. The van der Waals surface area contributed by atoms with Crippen molar-refractivity contribution in [3.8, 4) is 0 Å². The summed E-state index contributed by atoms with van der Waals surface area (Å²) >= 11 is 0. The first-order chi connectivity index (χ1) is 4.13. The lowest BCUT2D eigenvalue weighted by atomic mass is 10.4. The highest BCUT2D eigenvalue weighted by atomic mass is 16.5. The summed E-state index contributed by atoms with van der Waals surface area (Å²) < 4.78 is 5.16. The van der Waals surface area contributed by atoms with Gasteiger partial charge in [0.1, 0.15) is 12.3 Å². The smallest absolute Gasteiger partial charge is 0.253 e. The van der Waals surface area contributed by atoms with Crippen molar-refractivity contribution >= 4 is 5.91 Å². The fourth-order valence-electron chi connectivity index (χ4n) is 0.911. The van der Waals surface area contributed by atoms with Gasteiger partial charge in [0.15, 0.2) is 0 Å². The molecule has 0 N–H and O–H groups in total. The van der Waals surface area contributed by atoms with E-state index in [0.717, 1.165) is 0 Å². The summed E-state index contributed by atoms with van der Waals surface area (Å²) in [4.78, 5) is 12.5. The second-order valence-corrected chi connectivity index (χ2v) is 2.33. The van der Waals surface area contributed by atoms with Gasteiger partial charge in [-0.15, -0.1) is 0 Å². The van der Waals surface area contributed by atoms with Gasteiger partial charge in [-0.05, 0) is 13.8 Å². The highest BCUT2D eigenvalue weighted by molar-refractivity contribution is 5.81. The Hall–Kier alpha value is -0.570. The molecule has 2 atom stereocenters. The molecule has 0 aromatic carbocycles. The molecule has 52 valence electrons. The Bertz CT molecular complexity index is 135. The minimum absolute atomic E-state index is 0.0486. The van der Waals surface area contributed by atoms with E-state index in [4.69, 9.17) is 4.74 Å². The van der Waals surface area contributed by atoms with Crippen LogP contribution in [-0.4, -0.2) is 30.2 Å². The van der Waals surface area contributed by atoms with Gasteiger partial charge in [-0.1, -0.05) is 0 Å². The van der Waals surface area contributed by atoms with E-state index in [0.29, 0.717) is 0 Å². The highest BCUT2D eigenvalue weighted by Gasteiger charge is 2.31. The third-order valence-electron chi connectivity index (χ3n) is 1.64. The summed E-state index contributed by atoms with van der Waals surface area (Å²) in [5, 5.41) is 0. The van der Waals surface area contributed by atoms with Crippen LogP contribution >= 0.6 is 0 Å². The lowest BCUT2D eigenvalue weighted by molar-refractivity contribution is -0.128. The number of amides is 1. The molecule has 0 saturated carbocycles. The Balaban J connectivity index is 2.65. The molecule has 0 aromatic heterocycles. The molecule has 9 heavy (non-hydrogen) atoms. The monoisotopic (exact) mass is 129 g/mol. The van der Waals surface area contributed by atoms with Gasteiger partial charge in [-0.25, -0.2) is 0 Å². The predicted octanol–water partition coefficient (Wildman–Crippen LogP) is 0.210. The van der Waals surface area contributed by atoms with E-state index >= 15 is 0 Å². The summed E-state index contributed by atoms with van der Waals surface area (Å²) in [7, 11) is 1.75. The summed E-state index contributed by atoms with van der Waals surface area (Å²) in [6.07, 6.45) is -0.294. The Labute approximate surface area is 54.6 Å². The highest BCUT2D eigenvalue weighted by Crippen LogP contribution is 2.13. The molecule has 1 saturated heterocycles. The number of carbonyl (C=O) groups excluding carboxylic acids is 1. The van der Waals surface area contributed by atoms with Crippen LogP contribution in [0.4, 0.5) is 0 Å². The Kier molecular flexibility index (Phi) is 1.45. The zero-order valence-electron chi connectivity index (χ0n) is 5.92. The zero-order valence-corrected chi connectivity index (χ0v) is 5.92. The molecular weight excluding hydrogens is 118 g/mol. The van der Waals surface area contributed by atoms with Crippen LogP contribution in [0.1, 0.15) is 13.8 Å². The molecule has 0 bridgehead atoms. The topological polar surface area (TPSA) is 29.5 Å². The molecule has 1 amide bonds. The minimum Gasteiger partial charge on any atom is -0.346 e. The Morgan fingerprint density at radius 3 is 2.22 bits per heavy atom. The van der Waals surface area contributed by atoms with Gasteiger partial charge in [0.2, 0.25) is 0 Å². The Morgan fingerprint density at radius 2 is 2.11 bits per heavy atom. The zero-order chi connectivity index (χ0) is 7.02. The van der Waals surface area contributed by atoms with E-state index in [9.17, 15) is 4.79 Å². The van der Waals surface area contributed by atoms with Crippen molar-refractivity contribution in [2.45, 2.75) is 26.2 Å². The molecular formula is C6H11NO2. The van der Waals surface area contributed by atoms with Crippen molar-refractivity contribution in [1.82, 2.24) is 4.90 Å². The van der Waals surface area contributed by atoms with Crippen LogP contribution in [-0.2, 0) is 9.53 Å². The SMILES string of the molecule is CC1OC(C)N(C)C1=O. The third-order valence-corrected chi connectivity index (χ3v) is 1.64. The van der Waals surface area contributed by atoms with Crippen LogP contribution < -0.4 is 0 Å². The maximum absolute atomic E-state index is 10.9. The van der Waals surface area contributed by atoms with Crippen LogP contribution in [0, 0.1) is 0 Å². The number of nitrogens with zero attached hydrogens (tertiary/aromatic N) is 1. The fraction of sp³-hybridized carbons (Fsp3) is 0.833. The second kappa shape index (κ2) is 1.99. The average Bonchev–Trinajstić information content (AvgIpc) is 1.98. The summed E-state index contributed by atoms with van der Waals surface area (Å²) in [6.45, 7) is 3.63. The van der Waals surface area contributed by atoms with Gasteiger partial charge in [-0.2, -0.15) is 0 Å². The Morgan fingerprint density at radius 1 is 1.56 bits per heavy atom. The maximum Gasteiger partial charge on any atom is 0.253 e. The molecule has 1 heterocycles. The van der Waals surface area contributed by atoms with E-state index in [1.165, 1.54) is 0 Å². The molecule has 0 radical (unpaired) electrons. The van der Waals surface area contributed by atoms with E-state index in [1.54, 1.807) is 18.9 Å². The van der Waals surface area contributed by atoms with Crippen molar-refractivity contribution in [1.29, 1.82) is 0 Å². The molecule has 1 rings (SSSR count). The second-order valence-electron chi connectivity index (χ2n) is 2.33. The first-order valence-corrected chi connectivity index (χ1v) is 3.05. The lowest BCUT2D eigenvalue weighted by Gasteiger charge is -2.11. The predicted molar refractivity (Wildman–Crippen MR) is 32.8 cm³/mol. The van der Waals surface area contributed by atoms with E-state index in [-0.39, 0.29) is 18.2 Å². The van der Waals surface area contributed by atoms with E-state index in [1.807, 2.05) is 6.92 Å². The van der Waals surface area contributed by atoms with Gasteiger partial charge in [0.25, 0.3) is 5.91 Å². The van der Waals surface area contributed by atoms with E-state index < -0.39 is 0 Å². The minimum atomic E-state index is -0.245. The van der Waals surface area contributed by atoms with Gasteiger partial charge in [-0.3, -0.25) is 4.79 Å².